The van der Waals surface area contributed by atoms with Gasteiger partial charge < -0.3 is 15.5 Å². The van der Waals surface area contributed by atoms with Gasteiger partial charge >= 0.3 is 0 Å². The monoisotopic (exact) mass is 379 g/mol. The Bertz CT molecular complexity index is 814. The molecule has 5 heteroatoms. The molecule has 2 aromatic carbocycles. The van der Waals surface area contributed by atoms with Gasteiger partial charge in [0.15, 0.2) is 0 Å². The van der Waals surface area contributed by atoms with Crippen LogP contribution in [0.2, 0.25) is 0 Å². The first-order chi connectivity index (χ1) is 13.3. The molecule has 0 aromatic heterocycles. The third-order valence-electron chi connectivity index (χ3n) is 5.07. The average molecular weight is 380 g/mol. The van der Waals surface area contributed by atoms with Crippen molar-refractivity contribution < 1.29 is 9.59 Å². The van der Waals surface area contributed by atoms with E-state index in [-0.39, 0.29) is 17.2 Å². The van der Waals surface area contributed by atoms with Crippen LogP contribution in [0.5, 0.6) is 0 Å². The van der Waals surface area contributed by atoms with Gasteiger partial charge in [0.1, 0.15) is 0 Å². The van der Waals surface area contributed by atoms with Crippen LogP contribution in [0.3, 0.4) is 0 Å². The second-order valence-corrected chi connectivity index (χ2v) is 8.25. The van der Waals surface area contributed by atoms with Gasteiger partial charge in [-0.2, -0.15) is 0 Å². The molecule has 1 heterocycles. The van der Waals surface area contributed by atoms with Crippen LogP contribution in [0.4, 0.5) is 0 Å². The smallest absolute Gasteiger partial charge is 0.253 e. The zero-order valence-electron chi connectivity index (χ0n) is 16.9. The summed E-state index contributed by atoms with van der Waals surface area (Å²) in [4.78, 5) is 26.7. The maximum absolute atomic E-state index is 12.5. The van der Waals surface area contributed by atoms with Crippen molar-refractivity contribution in [3.05, 3.63) is 70.8 Å². The fourth-order valence-electron chi connectivity index (χ4n) is 3.22. The first kappa shape index (κ1) is 20.1. The quantitative estimate of drug-likeness (QED) is 0.859. The second kappa shape index (κ2) is 8.57. The van der Waals surface area contributed by atoms with Gasteiger partial charge in [-0.25, -0.2) is 0 Å². The first-order valence-corrected chi connectivity index (χ1v) is 9.82. The Morgan fingerprint density at radius 2 is 1.50 bits per heavy atom. The molecule has 1 fully saturated rings. The molecular weight excluding hydrogens is 350 g/mol. The summed E-state index contributed by atoms with van der Waals surface area (Å²) in [6, 6.07) is 15.2. The van der Waals surface area contributed by atoms with E-state index in [2.05, 4.69) is 31.4 Å². The van der Waals surface area contributed by atoms with Crippen LogP contribution in [0.1, 0.15) is 52.6 Å². The Balaban J connectivity index is 1.55. The van der Waals surface area contributed by atoms with Gasteiger partial charge in [0, 0.05) is 43.9 Å². The van der Waals surface area contributed by atoms with Gasteiger partial charge in [-0.15, -0.1) is 0 Å². The standard InChI is InChI=1S/C23H29N3O2/c1-23(2,3)20-10-8-18(9-11-20)21(27)25-16-17-4-6-19(7-5-17)22(28)26-14-12-24-13-15-26/h4-11,24H,12-16H2,1-3H3,(H,25,27). The molecule has 3 rings (SSSR count). The van der Waals surface area contributed by atoms with E-state index in [1.54, 1.807) is 0 Å². The van der Waals surface area contributed by atoms with E-state index in [9.17, 15) is 9.59 Å². The highest BCUT2D eigenvalue weighted by Gasteiger charge is 2.18. The molecule has 0 unspecified atom stereocenters. The minimum atomic E-state index is -0.0959. The van der Waals surface area contributed by atoms with Gasteiger partial charge in [0.25, 0.3) is 11.8 Å². The first-order valence-electron chi connectivity index (χ1n) is 9.82. The largest absolute Gasteiger partial charge is 0.348 e. The van der Waals surface area contributed by atoms with Crippen molar-refractivity contribution in [2.24, 2.45) is 0 Å². The van der Waals surface area contributed by atoms with Crippen LogP contribution in [0, 0.1) is 0 Å². The van der Waals surface area contributed by atoms with Gasteiger partial charge in [0.2, 0.25) is 0 Å². The van der Waals surface area contributed by atoms with Crippen LogP contribution in [0.15, 0.2) is 48.5 Å². The second-order valence-electron chi connectivity index (χ2n) is 8.25. The molecule has 1 aliphatic rings. The minimum absolute atomic E-state index is 0.0658. The number of piperazine rings is 1. The molecule has 2 amide bonds. The molecule has 0 radical (unpaired) electrons. The number of nitrogens with one attached hydrogen (secondary N) is 2. The van der Waals surface area contributed by atoms with Gasteiger partial charge in [-0.05, 0) is 40.8 Å². The molecule has 1 saturated heterocycles. The fraction of sp³-hybridized carbons (Fsp3) is 0.391. The molecule has 0 spiro atoms. The predicted molar refractivity (Wildman–Crippen MR) is 112 cm³/mol. The molecular formula is C23H29N3O2. The van der Waals surface area contributed by atoms with Crippen molar-refractivity contribution >= 4 is 11.8 Å². The molecule has 28 heavy (non-hydrogen) atoms. The lowest BCUT2D eigenvalue weighted by Gasteiger charge is -2.27. The van der Waals surface area contributed by atoms with Crippen molar-refractivity contribution in [2.75, 3.05) is 26.2 Å². The Hall–Kier alpha value is -2.66. The SMILES string of the molecule is CC(C)(C)c1ccc(C(=O)NCc2ccc(C(=O)N3CCNCC3)cc2)cc1. The van der Waals surface area contributed by atoms with E-state index in [0.29, 0.717) is 17.7 Å². The van der Waals surface area contributed by atoms with Crippen LogP contribution in [-0.4, -0.2) is 42.9 Å². The Kier molecular flexibility index (Phi) is 6.15. The van der Waals surface area contributed by atoms with E-state index in [0.717, 1.165) is 31.7 Å². The van der Waals surface area contributed by atoms with Crippen molar-refractivity contribution in [1.82, 2.24) is 15.5 Å². The average Bonchev–Trinajstić information content (AvgIpc) is 2.72. The van der Waals surface area contributed by atoms with Crippen LogP contribution >= 0.6 is 0 Å². The van der Waals surface area contributed by atoms with Crippen molar-refractivity contribution in [3.8, 4) is 0 Å². The minimum Gasteiger partial charge on any atom is -0.348 e. The summed E-state index contributed by atoms with van der Waals surface area (Å²) < 4.78 is 0. The summed E-state index contributed by atoms with van der Waals surface area (Å²) in [5.74, 6) is -0.0301. The highest BCUT2D eigenvalue weighted by Crippen LogP contribution is 2.22. The number of carbonyl (C=O) groups is 2. The molecule has 5 nitrogen and oxygen atoms in total. The van der Waals surface area contributed by atoms with Crippen LogP contribution in [-0.2, 0) is 12.0 Å². The maximum atomic E-state index is 12.5. The van der Waals surface area contributed by atoms with Crippen LogP contribution in [0.25, 0.3) is 0 Å². The zero-order chi connectivity index (χ0) is 20.1. The normalized spacial score (nSPS) is 14.6. The Morgan fingerprint density at radius 3 is 2.07 bits per heavy atom. The maximum Gasteiger partial charge on any atom is 0.253 e. The van der Waals surface area contributed by atoms with Crippen LogP contribution < -0.4 is 10.6 Å². The number of amides is 2. The van der Waals surface area contributed by atoms with Crippen molar-refractivity contribution in [1.29, 1.82) is 0 Å². The molecule has 0 aliphatic carbocycles. The summed E-state index contributed by atoms with van der Waals surface area (Å²) in [6.45, 7) is 10.0. The van der Waals surface area contributed by atoms with E-state index < -0.39 is 0 Å². The molecule has 0 atom stereocenters. The van der Waals surface area contributed by atoms with E-state index in [4.69, 9.17) is 0 Å². The zero-order valence-corrected chi connectivity index (χ0v) is 16.9. The molecule has 148 valence electrons. The Labute approximate surface area is 167 Å². The number of nitrogens with zero attached hydrogens (tertiary/aromatic N) is 1. The number of benzene rings is 2. The van der Waals surface area contributed by atoms with Crippen molar-refractivity contribution in [2.45, 2.75) is 32.7 Å². The molecule has 1 aliphatic heterocycles. The van der Waals surface area contributed by atoms with E-state index in [1.807, 2.05) is 53.4 Å². The summed E-state index contributed by atoms with van der Waals surface area (Å²) in [7, 11) is 0. The number of hydrogen-bond acceptors (Lipinski definition) is 3. The molecule has 2 aromatic rings. The van der Waals surface area contributed by atoms with E-state index >= 15 is 0 Å². The third kappa shape index (κ3) is 4.98. The van der Waals surface area contributed by atoms with Crippen molar-refractivity contribution in [3.63, 3.8) is 0 Å². The predicted octanol–water partition coefficient (Wildman–Crippen LogP) is 2.96. The summed E-state index contributed by atoms with van der Waals surface area (Å²) >= 11 is 0. The summed E-state index contributed by atoms with van der Waals surface area (Å²) in [5, 5.41) is 6.19. The topological polar surface area (TPSA) is 61.4 Å². The molecule has 0 bridgehead atoms. The fourth-order valence-corrected chi connectivity index (χ4v) is 3.22. The Morgan fingerprint density at radius 1 is 0.929 bits per heavy atom. The number of carbonyl (C=O) groups excluding carboxylic acids is 2. The summed E-state index contributed by atoms with van der Waals surface area (Å²) in [6.07, 6.45) is 0. The molecule has 0 saturated carbocycles. The van der Waals surface area contributed by atoms with E-state index in [1.165, 1.54) is 5.56 Å². The lowest BCUT2D eigenvalue weighted by atomic mass is 9.87. The highest BCUT2D eigenvalue weighted by atomic mass is 16.2. The van der Waals surface area contributed by atoms with Gasteiger partial charge in [-0.1, -0.05) is 45.0 Å². The van der Waals surface area contributed by atoms with Gasteiger partial charge in [-0.3, -0.25) is 9.59 Å². The summed E-state index contributed by atoms with van der Waals surface area (Å²) in [5.41, 5.74) is 3.58. The highest BCUT2D eigenvalue weighted by molar-refractivity contribution is 5.95. The lowest BCUT2D eigenvalue weighted by Crippen LogP contribution is -2.46. The number of hydrogen-bond donors (Lipinski definition) is 2. The molecule has 2 N–H and O–H groups in total. The van der Waals surface area contributed by atoms with Gasteiger partial charge in [0.05, 0.1) is 0 Å². The lowest BCUT2D eigenvalue weighted by molar-refractivity contribution is 0.0735. The number of rotatable bonds is 4. The third-order valence-corrected chi connectivity index (χ3v) is 5.07.